The molecule has 2 aromatic rings. The van der Waals surface area contributed by atoms with Crippen LogP contribution in [-0.4, -0.2) is 11.7 Å². The first-order valence-corrected chi connectivity index (χ1v) is 9.18. The van der Waals surface area contributed by atoms with Crippen molar-refractivity contribution in [2.45, 2.75) is 64.2 Å². The Morgan fingerprint density at radius 3 is 2.65 bits per heavy atom. The Balaban J connectivity index is 1.84. The van der Waals surface area contributed by atoms with Crippen molar-refractivity contribution in [3.05, 3.63) is 35.9 Å². The van der Waals surface area contributed by atoms with Crippen LogP contribution in [0.2, 0.25) is 0 Å². The van der Waals surface area contributed by atoms with Crippen LogP contribution in [0.4, 0.5) is 0 Å². The molecule has 23 heavy (non-hydrogen) atoms. The molecule has 1 fully saturated rings. The molecule has 0 unspecified atom stereocenters. The van der Waals surface area contributed by atoms with Gasteiger partial charge in [0.1, 0.15) is 11.5 Å². The van der Waals surface area contributed by atoms with Gasteiger partial charge in [-0.15, -0.1) is 0 Å². The van der Waals surface area contributed by atoms with Crippen LogP contribution in [0.1, 0.15) is 69.8 Å². The number of rotatable bonds is 6. The Morgan fingerprint density at radius 1 is 1.04 bits per heavy atom. The van der Waals surface area contributed by atoms with Gasteiger partial charge in [-0.25, -0.2) is 0 Å². The predicted octanol–water partition coefficient (Wildman–Crippen LogP) is 6.16. The fraction of sp³-hybridized carbons (Fsp3) is 0.524. The fourth-order valence-corrected chi connectivity index (χ4v) is 3.77. The lowest BCUT2D eigenvalue weighted by molar-refractivity contribution is 0.306. The van der Waals surface area contributed by atoms with Gasteiger partial charge >= 0.3 is 0 Å². The number of unbranched alkanes of at least 4 members (excludes halogenated alkanes) is 2. The lowest BCUT2D eigenvalue weighted by atomic mass is 9.81. The molecule has 124 valence electrons. The second kappa shape index (κ2) is 7.72. The SMILES string of the molecule is CCCCCOc1ccc2c(C3CCCCC3)c(O)ccc2c1. The van der Waals surface area contributed by atoms with E-state index in [1.165, 1.54) is 55.7 Å². The Labute approximate surface area is 139 Å². The van der Waals surface area contributed by atoms with Gasteiger partial charge in [-0.2, -0.15) is 0 Å². The quantitative estimate of drug-likeness (QED) is 0.647. The van der Waals surface area contributed by atoms with Crippen LogP contribution < -0.4 is 4.74 Å². The smallest absolute Gasteiger partial charge is 0.119 e. The maximum atomic E-state index is 10.4. The summed E-state index contributed by atoms with van der Waals surface area (Å²) in [6.07, 6.45) is 9.82. The third kappa shape index (κ3) is 3.80. The number of phenols is 1. The van der Waals surface area contributed by atoms with Gasteiger partial charge in [-0.1, -0.05) is 51.2 Å². The van der Waals surface area contributed by atoms with E-state index in [4.69, 9.17) is 4.74 Å². The number of hydrogen-bond donors (Lipinski definition) is 1. The van der Waals surface area contributed by atoms with E-state index >= 15 is 0 Å². The minimum absolute atomic E-state index is 0.459. The molecule has 2 aromatic carbocycles. The average molecular weight is 312 g/mol. The first-order valence-electron chi connectivity index (χ1n) is 9.18. The molecule has 3 rings (SSSR count). The Kier molecular flexibility index (Phi) is 5.43. The minimum Gasteiger partial charge on any atom is -0.508 e. The molecule has 0 saturated heterocycles. The highest BCUT2D eigenvalue weighted by Crippen LogP contribution is 2.41. The van der Waals surface area contributed by atoms with E-state index in [2.05, 4.69) is 25.1 Å². The molecule has 1 N–H and O–H groups in total. The molecule has 0 aromatic heterocycles. The van der Waals surface area contributed by atoms with Gasteiger partial charge in [0.2, 0.25) is 0 Å². The van der Waals surface area contributed by atoms with E-state index in [-0.39, 0.29) is 0 Å². The van der Waals surface area contributed by atoms with Gasteiger partial charge < -0.3 is 9.84 Å². The first kappa shape index (κ1) is 16.2. The largest absolute Gasteiger partial charge is 0.508 e. The first-order chi connectivity index (χ1) is 11.3. The second-order valence-electron chi connectivity index (χ2n) is 6.77. The predicted molar refractivity (Wildman–Crippen MR) is 96.5 cm³/mol. The fourth-order valence-electron chi connectivity index (χ4n) is 3.77. The molecular weight excluding hydrogens is 284 g/mol. The lowest BCUT2D eigenvalue weighted by Crippen LogP contribution is -2.05. The Hall–Kier alpha value is -1.70. The molecule has 0 aliphatic heterocycles. The zero-order valence-corrected chi connectivity index (χ0v) is 14.2. The standard InChI is InChI=1S/C21H28O2/c1-2-3-7-14-23-18-11-12-19-17(15-18)10-13-20(22)21(19)16-8-5-4-6-9-16/h10-13,15-16,22H,2-9,14H2,1H3. The molecule has 0 amide bonds. The molecule has 0 bridgehead atoms. The van der Waals surface area contributed by atoms with E-state index in [1.807, 2.05) is 12.1 Å². The monoisotopic (exact) mass is 312 g/mol. The van der Waals surface area contributed by atoms with Crippen molar-refractivity contribution in [3.63, 3.8) is 0 Å². The minimum atomic E-state index is 0.459. The summed E-state index contributed by atoms with van der Waals surface area (Å²) in [5.74, 6) is 1.90. The number of ether oxygens (including phenoxy) is 1. The third-order valence-electron chi connectivity index (χ3n) is 5.04. The number of fused-ring (bicyclic) bond motifs is 1. The van der Waals surface area contributed by atoms with Crippen LogP contribution in [0.3, 0.4) is 0 Å². The second-order valence-corrected chi connectivity index (χ2v) is 6.77. The van der Waals surface area contributed by atoms with Crippen LogP contribution in [-0.2, 0) is 0 Å². The van der Waals surface area contributed by atoms with E-state index in [9.17, 15) is 5.11 Å². The highest BCUT2D eigenvalue weighted by atomic mass is 16.5. The summed E-state index contributed by atoms with van der Waals surface area (Å²) in [5, 5.41) is 12.8. The van der Waals surface area contributed by atoms with Gasteiger partial charge in [0.15, 0.2) is 0 Å². The van der Waals surface area contributed by atoms with Crippen molar-refractivity contribution in [1.82, 2.24) is 0 Å². The number of phenolic OH excluding ortho intramolecular Hbond substituents is 1. The van der Waals surface area contributed by atoms with Crippen molar-refractivity contribution >= 4 is 10.8 Å². The van der Waals surface area contributed by atoms with Crippen LogP contribution in [0.15, 0.2) is 30.3 Å². The normalized spacial score (nSPS) is 15.9. The highest BCUT2D eigenvalue weighted by Gasteiger charge is 2.21. The van der Waals surface area contributed by atoms with Crippen molar-refractivity contribution < 1.29 is 9.84 Å². The number of benzene rings is 2. The molecule has 0 radical (unpaired) electrons. The molecule has 1 aliphatic rings. The summed E-state index contributed by atoms with van der Waals surface area (Å²) in [6, 6.07) is 10.2. The van der Waals surface area contributed by atoms with Gasteiger partial charge in [0.25, 0.3) is 0 Å². The van der Waals surface area contributed by atoms with Crippen LogP contribution in [0, 0.1) is 0 Å². The Morgan fingerprint density at radius 2 is 1.87 bits per heavy atom. The summed E-state index contributed by atoms with van der Waals surface area (Å²) in [6.45, 7) is 2.99. The molecule has 0 spiro atoms. The van der Waals surface area contributed by atoms with Crippen LogP contribution in [0.25, 0.3) is 10.8 Å². The summed E-state index contributed by atoms with van der Waals surface area (Å²) < 4.78 is 5.87. The summed E-state index contributed by atoms with van der Waals surface area (Å²) >= 11 is 0. The van der Waals surface area contributed by atoms with Gasteiger partial charge in [0.05, 0.1) is 6.61 Å². The van der Waals surface area contributed by atoms with Crippen molar-refractivity contribution in [2.24, 2.45) is 0 Å². The van der Waals surface area contributed by atoms with Gasteiger partial charge in [-0.3, -0.25) is 0 Å². The number of hydrogen-bond acceptors (Lipinski definition) is 2. The van der Waals surface area contributed by atoms with Crippen LogP contribution in [0.5, 0.6) is 11.5 Å². The third-order valence-corrected chi connectivity index (χ3v) is 5.04. The summed E-state index contributed by atoms with van der Waals surface area (Å²) in [4.78, 5) is 0. The van der Waals surface area contributed by atoms with Gasteiger partial charge in [0, 0.05) is 5.56 Å². The Bertz CT molecular complexity index is 642. The van der Waals surface area contributed by atoms with E-state index in [0.717, 1.165) is 24.3 Å². The molecule has 2 heteroatoms. The lowest BCUT2D eigenvalue weighted by Gasteiger charge is -2.24. The maximum Gasteiger partial charge on any atom is 0.119 e. The molecule has 1 aliphatic carbocycles. The van der Waals surface area contributed by atoms with Crippen molar-refractivity contribution in [1.29, 1.82) is 0 Å². The van der Waals surface area contributed by atoms with Crippen molar-refractivity contribution in [3.8, 4) is 11.5 Å². The molecule has 2 nitrogen and oxygen atoms in total. The molecule has 0 atom stereocenters. The zero-order valence-electron chi connectivity index (χ0n) is 14.2. The van der Waals surface area contributed by atoms with E-state index in [1.54, 1.807) is 0 Å². The molecule has 1 saturated carbocycles. The summed E-state index contributed by atoms with van der Waals surface area (Å²) in [7, 11) is 0. The highest BCUT2D eigenvalue weighted by molar-refractivity contribution is 5.89. The van der Waals surface area contributed by atoms with Crippen molar-refractivity contribution in [2.75, 3.05) is 6.61 Å². The van der Waals surface area contributed by atoms with E-state index in [0.29, 0.717) is 11.7 Å². The molecule has 0 heterocycles. The topological polar surface area (TPSA) is 29.5 Å². The van der Waals surface area contributed by atoms with Gasteiger partial charge in [-0.05, 0) is 54.2 Å². The average Bonchev–Trinajstić information content (AvgIpc) is 2.59. The summed E-state index contributed by atoms with van der Waals surface area (Å²) in [5.41, 5.74) is 1.15. The van der Waals surface area contributed by atoms with Crippen LogP contribution >= 0.6 is 0 Å². The van der Waals surface area contributed by atoms with E-state index < -0.39 is 0 Å². The molecular formula is C21H28O2. The maximum absolute atomic E-state index is 10.4. The number of aromatic hydroxyl groups is 1. The zero-order chi connectivity index (χ0) is 16.1.